The molecule has 2 aromatic carbocycles. The van der Waals surface area contributed by atoms with E-state index in [1.165, 1.54) is 5.56 Å². The van der Waals surface area contributed by atoms with Gasteiger partial charge < -0.3 is 10.1 Å². The normalized spacial score (nSPS) is 16.4. The Morgan fingerprint density at radius 2 is 1.77 bits per heavy atom. The molecule has 1 N–H and O–H groups in total. The van der Waals surface area contributed by atoms with Gasteiger partial charge in [0.2, 0.25) is 0 Å². The number of hydrogen-bond donors (Lipinski definition) is 1. The third-order valence-corrected chi connectivity index (χ3v) is 5.87. The van der Waals surface area contributed by atoms with Gasteiger partial charge in [-0.05, 0) is 49.1 Å². The van der Waals surface area contributed by atoms with E-state index < -0.39 is 0 Å². The SMILES string of the molecule is O=C(Nc1ccc(CN2CCOCC2)cc1)c1nn(-c2ccccc2)c2c1CCC2. The molecule has 3 aromatic rings. The van der Waals surface area contributed by atoms with Crippen LogP contribution in [0.2, 0.25) is 0 Å². The van der Waals surface area contributed by atoms with Gasteiger partial charge in [-0.3, -0.25) is 9.69 Å². The van der Waals surface area contributed by atoms with Crippen molar-refractivity contribution in [3.8, 4) is 5.69 Å². The van der Waals surface area contributed by atoms with Crippen LogP contribution in [-0.4, -0.2) is 46.9 Å². The maximum absolute atomic E-state index is 13.0. The van der Waals surface area contributed by atoms with E-state index in [1.54, 1.807) is 0 Å². The summed E-state index contributed by atoms with van der Waals surface area (Å²) in [4.78, 5) is 15.4. The van der Waals surface area contributed by atoms with Crippen LogP contribution in [0.1, 0.15) is 33.7 Å². The molecule has 0 saturated carbocycles. The number of carbonyl (C=O) groups is 1. The Labute approximate surface area is 176 Å². The zero-order chi connectivity index (χ0) is 20.3. The van der Waals surface area contributed by atoms with Crippen molar-refractivity contribution in [2.45, 2.75) is 25.8 Å². The number of nitrogens with zero attached hydrogens (tertiary/aromatic N) is 3. The van der Waals surface area contributed by atoms with E-state index in [4.69, 9.17) is 4.74 Å². The van der Waals surface area contributed by atoms with E-state index in [2.05, 4.69) is 27.4 Å². The fourth-order valence-electron chi connectivity index (χ4n) is 4.30. The molecular weight excluding hydrogens is 376 g/mol. The van der Waals surface area contributed by atoms with Crippen molar-refractivity contribution in [1.29, 1.82) is 0 Å². The molecule has 0 spiro atoms. The van der Waals surface area contributed by atoms with Gasteiger partial charge in [0.25, 0.3) is 5.91 Å². The van der Waals surface area contributed by atoms with Crippen LogP contribution in [0.15, 0.2) is 54.6 Å². The van der Waals surface area contributed by atoms with Crippen LogP contribution < -0.4 is 5.32 Å². The molecule has 2 heterocycles. The van der Waals surface area contributed by atoms with Crippen LogP contribution in [0.3, 0.4) is 0 Å². The number of aromatic nitrogens is 2. The number of hydrogen-bond acceptors (Lipinski definition) is 4. The summed E-state index contributed by atoms with van der Waals surface area (Å²) in [6, 6.07) is 18.2. The summed E-state index contributed by atoms with van der Waals surface area (Å²) in [7, 11) is 0. The fourth-order valence-corrected chi connectivity index (χ4v) is 4.30. The summed E-state index contributed by atoms with van der Waals surface area (Å²) in [6.07, 6.45) is 2.93. The quantitative estimate of drug-likeness (QED) is 0.710. The summed E-state index contributed by atoms with van der Waals surface area (Å²) < 4.78 is 7.34. The largest absolute Gasteiger partial charge is 0.379 e. The molecular formula is C24H26N4O2. The molecule has 1 fully saturated rings. The van der Waals surface area contributed by atoms with Gasteiger partial charge in [-0.15, -0.1) is 0 Å². The van der Waals surface area contributed by atoms with E-state index in [0.29, 0.717) is 5.69 Å². The minimum absolute atomic E-state index is 0.135. The third-order valence-electron chi connectivity index (χ3n) is 5.87. The molecule has 1 aliphatic heterocycles. The second kappa shape index (κ2) is 8.42. The lowest BCUT2D eigenvalue weighted by atomic mass is 10.1. The van der Waals surface area contributed by atoms with Crippen LogP contribution in [0.25, 0.3) is 5.69 Å². The summed E-state index contributed by atoms with van der Waals surface area (Å²) in [6.45, 7) is 4.44. The Balaban J connectivity index is 1.31. The molecule has 30 heavy (non-hydrogen) atoms. The maximum atomic E-state index is 13.0. The highest BCUT2D eigenvalue weighted by Gasteiger charge is 2.27. The zero-order valence-electron chi connectivity index (χ0n) is 17.0. The highest BCUT2D eigenvalue weighted by atomic mass is 16.5. The summed E-state index contributed by atoms with van der Waals surface area (Å²) >= 11 is 0. The molecule has 1 aliphatic carbocycles. The predicted octanol–water partition coefficient (Wildman–Crippen LogP) is 3.45. The van der Waals surface area contributed by atoms with E-state index in [-0.39, 0.29) is 5.91 Å². The molecule has 6 nitrogen and oxygen atoms in total. The fraction of sp³-hybridized carbons (Fsp3) is 0.333. The number of anilines is 1. The Hall–Kier alpha value is -2.96. The van der Waals surface area contributed by atoms with Crippen molar-refractivity contribution in [3.63, 3.8) is 0 Å². The predicted molar refractivity (Wildman–Crippen MR) is 116 cm³/mol. The van der Waals surface area contributed by atoms with Gasteiger partial charge in [0, 0.05) is 36.6 Å². The minimum atomic E-state index is -0.135. The van der Waals surface area contributed by atoms with Crippen LogP contribution >= 0.6 is 0 Å². The van der Waals surface area contributed by atoms with E-state index in [9.17, 15) is 4.79 Å². The van der Waals surface area contributed by atoms with Crippen molar-refractivity contribution in [2.75, 3.05) is 31.6 Å². The second-order valence-corrected chi connectivity index (χ2v) is 7.91. The summed E-state index contributed by atoms with van der Waals surface area (Å²) in [5.74, 6) is -0.135. The van der Waals surface area contributed by atoms with Crippen molar-refractivity contribution >= 4 is 11.6 Å². The van der Waals surface area contributed by atoms with Crippen molar-refractivity contribution in [3.05, 3.63) is 77.1 Å². The van der Waals surface area contributed by atoms with Crippen molar-refractivity contribution in [2.24, 2.45) is 0 Å². The molecule has 0 radical (unpaired) electrons. The Morgan fingerprint density at radius 3 is 2.53 bits per heavy atom. The lowest BCUT2D eigenvalue weighted by molar-refractivity contribution is 0.0342. The lowest BCUT2D eigenvalue weighted by Gasteiger charge is -2.26. The third kappa shape index (κ3) is 3.88. The van der Waals surface area contributed by atoms with E-state index in [0.717, 1.165) is 74.7 Å². The smallest absolute Gasteiger partial charge is 0.276 e. The number of morpholine rings is 1. The molecule has 1 saturated heterocycles. The molecule has 6 heteroatoms. The van der Waals surface area contributed by atoms with Gasteiger partial charge in [0.05, 0.1) is 18.9 Å². The first kappa shape index (κ1) is 19.0. The molecule has 5 rings (SSSR count). The van der Waals surface area contributed by atoms with Gasteiger partial charge in [0.1, 0.15) is 0 Å². The number of carbonyl (C=O) groups excluding carboxylic acids is 1. The summed E-state index contributed by atoms with van der Waals surface area (Å²) in [5, 5.41) is 7.71. The van der Waals surface area contributed by atoms with Gasteiger partial charge in [-0.25, -0.2) is 4.68 Å². The Bertz CT molecular complexity index is 1020. The number of benzene rings is 2. The van der Waals surface area contributed by atoms with Crippen LogP contribution in [0.5, 0.6) is 0 Å². The van der Waals surface area contributed by atoms with E-state index >= 15 is 0 Å². The molecule has 0 unspecified atom stereocenters. The van der Waals surface area contributed by atoms with Crippen LogP contribution in [0, 0.1) is 0 Å². The number of ether oxygens (including phenoxy) is 1. The Morgan fingerprint density at radius 1 is 1.00 bits per heavy atom. The molecule has 1 amide bonds. The maximum Gasteiger partial charge on any atom is 0.276 e. The minimum Gasteiger partial charge on any atom is -0.379 e. The van der Waals surface area contributed by atoms with Gasteiger partial charge in [0.15, 0.2) is 5.69 Å². The number of rotatable bonds is 5. The average Bonchev–Trinajstić information content (AvgIpc) is 3.39. The topological polar surface area (TPSA) is 59.4 Å². The average molecular weight is 402 g/mol. The lowest BCUT2D eigenvalue weighted by Crippen LogP contribution is -2.35. The van der Waals surface area contributed by atoms with Crippen LogP contribution in [-0.2, 0) is 24.1 Å². The monoisotopic (exact) mass is 402 g/mol. The first-order chi connectivity index (χ1) is 14.8. The van der Waals surface area contributed by atoms with Crippen molar-refractivity contribution in [1.82, 2.24) is 14.7 Å². The highest BCUT2D eigenvalue weighted by molar-refractivity contribution is 6.04. The van der Waals surface area contributed by atoms with Crippen LogP contribution in [0.4, 0.5) is 5.69 Å². The number of nitrogens with one attached hydrogen (secondary N) is 1. The molecule has 0 atom stereocenters. The zero-order valence-corrected chi connectivity index (χ0v) is 17.0. The van der Waals surface area contributed by atoms with Gasteiger partial charge in [-0.2, -0.15) is 5.10 Å². The van der Waals surface area contributed by atoms with Gasteiger partial charge in [-0.1, -0.05) is 30.3 Å². The Kier molecular flexibility index (Phi) is 5.34. The second-order valence-electron chi connectivity index (χ2n) is 7.91. The number of fused-ring (bicyclic) bond motifs is 1. The highest BCUT2D eigenvalue weighted by Crippen LogP contribution is 2.28. The number of amides is 1. The first-order valence-electron chi connectivity index (χ1n) is 10.6. The number of para-hydroxylation sites is 1. The first-order valence-corrected chi connectivity index (χ1v) is 10.6. The van der Waals surface area contributed by atoms with Crippen molar-refractivity contribution < 1.29 is 9.53 Å². The summed E-state index contributed by atoms with van der Waals surface area (Å²) in [5.41, 5.74) is 5.83. The van der Waals surface area contributed by atoms with E-state index in [1.807, 2.05) is 47.1 Å². The molecule has 1 aromatic heterocycles. The molecule has 0 bridgehead atoms. The standard InChI is InChI=1S/C24H26N4O2/c29-24(25-19-11-9-18(10-12-19)17-27-13-15-30-16-14-27)23-21-7-4-8-22(21)28(26-23)20-5-2-1-3-6-20/h1-3,5-6,9-12H,4,7-8,13-17H2,(H,25,29). The molecule has 154 valence electrons. The van der Waals surface area contributed by atoms with Gasteiger partial charge >= 0.3 is 0 Å². The molecule has 2 aliphatic rings.